The summed E-state index contributed by atoms with van der Waals surface area (Å²) in [5, 5.41) is 2.63. The average Bonchev–Trinajstić information content (AvgIpc) is 2.62. The first kappa shape index (κ1) is 19.6. The maximum Gasteiger partial charge on any atom is 0.338 e. The van der Waals surface area contributed by atoms with E-state index in [-0.39, 0.29) is 17.0 Å². The predicted octanol–water partition coefficient (Wildman–Crippen LogP) is 2.17. The molecule has 2 N–H and O–H groups in total. The Hall–Kier alpha value is -2.71. The monoisotopic (exact) mass is 376 g/mol. The maximum absolute atomic E-state index is 12.2. The average molecular weight is 376 g/mol. The van der Waals surface area contributed by atoms with Crippen molar-refractivity contribution in [3.63, 3.8) is 0 Å². The van der Waals surface area contributed by atoms with Gasteiger partial charge in [-0.25, -0.2) is 17.9 Å². The van der Waals surface area contributed by atoms with Crippen LogP contribution in [0.25, 0.3) is 0 Å². The Bertz CT molecular complexity index is 881. The van der Waals surface area contributed by atoms with Gasteiger partial charge in [-0.15, -0.1) is 0 Å². The third-order valence-corrected chi connectivity index (χ3v) is 4.95. The number of sulfonamides is 1. The summed E-state index contributed by atoms with van der Waals surface area (Å²) in [6, 6.07) is 14.2. The lowest BCUT2D eigenvalue weighted by Gasteiger charge is -2.14. The summed E-state index contributed by atoms with van der Waals surface area (Å²) >= 11 is 0. The van der Waals surface area contributed by atoms with Crippen molar-refractivity contribution < 1.29 is 22.7 Å². The highest BCUT2D eigenvalue weighted by Gasteiger charge is 2.21. The van der Waals surface area contributed by atoms with Crippen LogP contribution in [0.1, 0.15) is 24.2 Å². The molecule has 0 fully saturated rings. The molecule has 0 heterocycles. The van der Waals surface area contributed by atoms with Crippen LogP contribution in [-0.4, -0.2) is 32.9 Å². The Balaban J connectivity index is 2.06. The van der Waals surface area contributed by atoms with Gasteiger partial charge in [0.2, 0.25) is 10.0 Å². The number of amides is 1. The maximum atomic E-state index is 12.2. The van der Waals surface area contributed by atoms with E-state index in [1.165, 1.54) is 31.2 Å². The number of benzene rings is 2. The standard InChI is InChI=1S/C18H20N2O5S/c1-3-19-26(23,24)16-11-7-8-14(12-16)18(22)25-13(2)17(21)20-15-9-5-4-6-10-15/h4-13,19H,3H2,1-2H3,(H,20,21). The summed E-state index contributed by atoms with van der Waals surface area (Å²) in [6.45, 7) is 3.33. The van der Waals surface area contributed by atoms with Crippen LogP contribution in [0.4, 0.5) is 5.69 Å². The summed E-state index contributed by atoms with van der Waals surface area (Å²) < 4.78 is 31.5. The van der Waals surface area contributed by atoms with Gasteiger partial charge in [0.05, 0.1) is 10.5 Å². The molecule has 1 unspecified atom stereocenters. The van der Waals surface area contributed by atoms with Gasteiger partial charge in [-0.3, -0.25) is 4.79 Å². The molecule has 0 aromatic heterocycles. The zero-order chi connectivity index (χ0) is 19.2. The molecule has 0 radical (unpaired) electrons. The fraction of sp³-hybridized carbons (Fsp3) is 0.222. The van der Waals surface area contributed by atoms with Gasteiger partial charge in [-0.1, -0.05) is 31.2 Å². The highest BCUT2D eigenvalue weighted by Crippen LogP contribution is 2.14. The second kappa shape index (κ2) is 8.59. The minimum atomic E-state index is -3.69. The van der Waals surface area contributed by atoms with Gasteiger partial charge in [-0.2, -0.15) is 0 Å². The van der Waals surface area contributed by atoms with E-state index >= 15 is 0 Å². The van der Waals surface area contributed by atoms with Crippen LogP contribution < -0.4 is 10.0 Å². The molecule has 1 amide bonds. The van der Waals surface area contributed by atoms with Crippen molar-refractivity contribution in [3.8, 4) is 0 Å². The number of carbonyl (C=O) groups excluding carboxylic acids is 2. The lowest BCUT2D eigenvalue weighted by atomic mass is 10.2. The number of carbonyl (C=O) groups is 2. The summed E-state index contributed by atoms with van der Waals surface area (Å²) in [5.41, 5.74) is 0.627. The van der Waals surface area contributed by atoms with Crippen molar-refractivity contribution in [2.24, 2.45) is 0 Å². The summed E-state index contributed by atoms with van der Waals surface area (Å²) in [4.78, 5) is 24.3. The van der Waals surface area contributed by atoms with Gasteiger partial charge < -0.3 is 10.1 Å². The number of para-hydroxylation sites is 1. The molecular weight excluding hydrogens is 356 g/mol. The molecule has 26 heavy (non-hydrogen) atoms. The zero-order valence-corrected chi connectivity index (χ0v) is 15.2. The Kier molecular flexibility index (Phi) is 6.48. The number of nitrogens with one attached hydrogen (secondary N) is 2. The zero-order valence-electron chi connectivity index (χ0n) is 14.4. The van der Waals surface area contributed by atoms with Crippen molar-refractivity contribution in [1.29, 1.82) is 0 Å². The fourth-order valence-electron chi connectivity index (χ4n) is 2.11. The number of hydrogen-bond donors (Lipinski definition) is 2. The smallest absolute Gasteiger partial charge is 0.338 e. The van der Waals surface area contributed by atoms with E-state index in [4.69, 9.17) is 4.74 Å². The second-order valence-corrected chi connectivity index (χ2v) is 7.20. The molecule has 0 aliphatic carbocycles. The van der Waals surface area contributed by atoms with E-state index in [0.29, 0.717) is 5.69 Å². The van der Waals surface area contributed by atoms with Crippen molar-refractivity contribution in [2.75, 3.05) is 11.9 Å². The molecule has 0 saturated carbocycles. The molecule has 2 rings (SSSR count). The SMILES string of the molecule is CCNS(=O)(=O)c1cccc(C(=O)OC(C)C(=O)Nc2ccccc2)c1. The number of rotatable bonds is 7. The Morgan fingerprint density at radius 1 is 1.08 bits per heavy atom. The van der Waals surface area contributed by atoms with Crippen LogP contribution in [0.15, 0.2) is 59.5 Å². The molecule has 0 bridgehead atoms. The van der Waals surface area contributed by atoms with Crippen molar-refractivity contribution >= 4 is 27.6 Å². The molecule has 2 aromatic rings. The first-order valence-corrected chi connectivity index (χ1v) is 9.48. The Labute approximate surface area is 152 Å². The van der Waals surface area contributed by atoms with E-state index in [2.05, 4.69) is 10.0 Å². The minimum Gasteiger partial charge on any atom is -0.449 e. The fourth-order valence-corrected chi connectivity index (χ4v) is 3.20. The summed E-state index contributed by atoms with van der Waals surface area (Å²) in [6.07, 6.45) is -1.04. The van der Waals surface area contributed by atoms with Gasteiger partial charge in [0.25, 0.3) is 5.91 Å². The number of anilines is 1. The van der Waals surface area contributed by atoms with Crippen molar-refractivity contribution in [2.45, 2.75) is 24.8 Å². The molecule has 7 nitrogen and oxygen atoms in total. The first-order chi connectivity index (χ1) is 12.3. The minimum absolute atomic E-state index is 0.0448. The van der Waals surface area contributed by atoms with Crippen LogP contribution in [0.3, 0.4) is 0 Å². The number of esters is 1. The molecule has 2 aromatic carbocycles. The Morgan fingerprint density at radius 3 is 2.42 bits per heavy atom. The van der Waals surface area contributed by atoms with Crippen molar-refractivity contribution in [1.82, 2.24) is 4.72 Å². The highest BCUT2D eigenvalue weighted by atomic mass is 32.2. The number of ether oxygens (including phenoxy) is 1. The van der Waals surface area contributed by atoms with Crippen LogP contribution in [-0.2, 0) is 19.6 Å². The second-order valence-electron chi connectivity index (χ2n) is 5.43. The van der Waals surface area contributed by atoms with E-state index in [1.54, 1.807) is 31.2 Å². The van der Waals surface area contributed by atoms with Crippen LogP contribution in [0.5, 0.6) is 0 Å². The highest BCUT2D eigenvalue weighted by molar-refractivity contribution is 7.89. The lowest BCUT2D eigenvalue weighted by Crippen LogP contribution is -2.30. The normalized spacial score (nSPS) is 12.2. The topological polar surface area (TPSA) is 102 Å². The molecular formula is C18H20N2O5S. The largest absolute Gasteiger partial charge is 0.449 e. The van der Waals surface area contributed by atoms with E-state index in [9.17, 15) is 18.0 Å². The van der Waals surface area contributed by atoms with E-state index < -0.39 is 28.0 Å². The lowest BCUT2D eigenvalue weighted by molar-refractivity contribution is -0.123. The van der Waals surface area contributed by atoms with Crippen LogP contribution in [0.2, 0.25) is 0 Å². The third-order valence-electron chi connectivity index (χ3n) is 3.41. The van der Waals surface area contributed by atoms with Gasteiger partial charge in [0.1, 0.15) is 0 Å². The molecule has 0 spiro atoms. The van der Waals surface area contributed by atoms with Gasteiger partial charge in [0.15, 0.2) is 6.10 Å². The van der Waals surface area contributed by atoms with Gasteiger partial charge in [-0.05, 0) is 37.3 Å². The summed E-state index contributed by atoms with van der Waals surface area (Å²) in [7, 11) is -3.69. The van der Waals surface area contributed by atoms with E-state index in [1.807, 2.05) is 6.07 Å². The number of hydrogen-bond acceptors (Lipinski definition) is 5. The van der Waals surface area contributed by atoms with Crippen LogP contribution in [0, 0.1) is 0 Å². The third kappa shape index (κ3) is 5.14. The molecule has 8 heteroatoms. The quantitative estimate of drug-likeness (QED) is 0.721. The van der Waals surface area contributed by atoms with E-state index in [0.717, 1.165) is 0 Å². The molecule has 138 valence electrons. The van der Waals surface area contributed by atoms with Crippen molar-refractivity contribution in [3.05, 3.63) is 60.2 Å². The Morgan fingerprint density at radius 2 is 1.77 bits per heavy atom. The van der Waals surface area contributed by atoms with Crippen LogP contribution >= 0.6 is 0 Å². The molecule has 1 atom stereocenters. The van der Waals surface area contributed by atoms with Gasteiger partial charge in [0, 0.05) is 12.2 Å². The molecule has 0 saturated heterocycles. The molecule has 0 aliphatic heterocycles. The summed E-state index contributed by atoms with van der Waals surface area (Å²) in [5.74, 6) is -1.27. The molecule has 0 aliphatic rings. The van der Waals surface area contributed by atoms with Gasteiger partial charge >= 0.3 is 5.97 Å². The predicted molar refractivity (Wildman–Crippen MR) is 97.3 cm³/mol. The first-order valence-electron chi connectivity index (χ1n) is 8.00.